The van der Waals surface area contributed by atoms with E-state index in [0.717, 1.165) is 0 Å². The van der Waals surface area contributed by atoms with Gasteiger partial charge in [0.2, 0.25) is 0 Å². The number of aliphatic carboxylic acids is 1. The minimum Gasteiger partial charge on any atom is -0.508 e. The lowest BCUT2D eigenvalue weighted by atomic mass is 10.2. The van der Waals surface area contributed by atoms with Crippen molar-refractivity contribution in [1.29, 1.82) is 0 Å². The average molecular weight is 223 g/mol. The number of nitrogens with one attached hydrogen (secondary N) is 1. The highest BCUT2D eigenvalue weighted by Crippen LogP contribution is 2.10. The van der Waals surface area contributed by atoms with Gasteiger partial charge in [-0.2, -0.15) is 0 Å². The maximum Gasteiger partial charge on any atom is 0.303 e. The molecule has 0 heterocycles. The molecule has 0 atom stereocenters. The number of carboxylic acid groups (broad SMARTS) is 1. The van der Waals surface area contributed by atoms with Crippen LogP contribution in [0.4, 0.5) is 0 Å². The number of carbonyl (C=O) groups excluding carboxylic acids is 1. The van der Waals surface area contributed by atoms with Crippen molar-refractivity contribution in [3.8, 4) is 5.75 Å². The summed E-state index contributed by atoms with van der Waals surface area (Å²) in [6, 6.07) is 5.97. The van der Waals surface area contributed by atoms with E-state index < -0.39 is 5.97 Å². The van der Waals surface area contributed by atoms with Gasteiger partial charge in [0.25, 0.3) is 5.91 Å². The SMILES string of the molecule is O=C(O)CCCNC(=O)c1cccc(O)c1. The van der Waals surface area contributed by atoms with Gasteiger partial charge in [-0.1, -0.05) is 6.07 Å². The molecule has 1 aromatic rings. The van der Waals surface area contributed by atoms with E-state index >= 15 is 0 Å². The molecule has 0 aliphatic rings. The Morgan fingerprint density at radius 2 is 2.06 bits per heavy atom. The summed E-state index contributed by atoms with van der Waals surface area (Å²) in [4.78, 5) is 21.7. The monoisotopic (exact) mass is 223 g/mol. The van der Waals surface area contributed by atoms with Gasteiger partial charge in [0, 0.05) is 18.5 Å². The number of hydrogen-bond acceptors (Lipinski definition) is 3. The topological polar surface area (TPSA) is 86.6 Å². The van der Waals surface area contributed by atoms with Crippen LogP contribution in [-0.4, -0.2) is 28.6 Å². The maximum absolute atomic E-state index is 11.5. The third-order valence-electron chi connectivity index (χ3n) is 1.96. The van der Waals surface area contributed by atoms with E-state index in [-0.39, 0.29) is 18.1 Å². The number of carbonyl (C=O) groups is 2. The third kappa shape index (κ3) is 4.00. The second kappa shape index (κ2) is 5.75. The zero-order chi connectivity index (χ0) is 12.0. The highest BCUT2D eigenvalue weighted by Gasteiger charge is 2.05. The van der Waals surface area contributed by atoms with Crippen molar-refractivity contribution in [2.24, 2.45) is 0 Å². The fourth-order valence-corrected chi connectivity index (χ4v) is 1.19. The van der Waals surface area contributed by atoms with Gasteiger partial charge in [-0.25, -0.2) is 0 Å². The smallest absolute Gasteiger partial charge is 0.303 e. The normalized spacial score (nSPS) is 9.75. The Morgan fingerprint density at radius 1 is 1.31 bits per heavy atom. The number of carboxylic acids is 1. The van der Waals surface area contributed by atoms with Gasteiger partial charge in [-0.15, -0.1) is 0 Å². The molecule has 5 nitrogen and oxygen atoms in total. The second-order valence-electron chi connectivity index (χ2n) is 3.30. The highest BCUT2D eigenvalue weighted by molar-refractivity contribution is 5.94. The minimum absolute atomic E-state index is 0.0261. The summed E-state index contributed by atoms with van der Waals surface area (Å²) in [5.41, 5.74) is 0.357. The van der Waals surface area contributed by atoms with Crippen molar-refractivity contribution in [2.75, 3.05) is 6.54 Å². The average Bonchev–Trinajstić information content (AvgIpc) is 2.24. The number of amides is 1. The first kappa shape index (κ1) is 12.0. The van der Waals surface area contributed by atoms with Gasteiger partial charge in [-0.05, 0) is 24.6 Å². The molecule has 0 fully saturated rings. The summed E-state index contributed by atoms with van der Waals surface area (Å²) in [6.45, 7) is 0.306. The van der Waals surface area contributed by atoms with E-state index in [1.165, 1.54) is 12.1 Å². The molecule has 0 saturated heterocycles. The van der Waals surface area contributed by atoms with Crippen LogP contribution >= 0.6 is 0 Å². The molecule has 5 heteroatoms. The molecule has 86 valence electrons. The molecule has 0 spiro atoms. The molecule has 0 saturated carbocycles. The van der Waals surface area contributed by atoms with Crippen LogP contribution in [0.1, 0.15) is 23.2 Å². The summed E-state index contributed by atoms with van der Waals surface area (Å²) >= 11 is 0. The largest absolute Gasteiger partial charge is 0.508 e. The van der Waals surface area contributed by atoms with Crippen LogP contribution in [0.5, 0.6) is 5.75 Å². The van der Waals surface area contributed by atoms with Gasteiger partial charge in [-0.3, -0.25) is 9.59 Å². The molecule has 16 heavy (non-hydrogen) atoms. The second-order valence-corrected chi connectivity index (χ2v) is 3.30. The van der Waals surface area contributed by atoms with Gasteiger partial charge >= 0.3 is 5.97 Å². The Hall–Kier alpha value is -2.04. The number of benzene rings is 1. The Labute approximate surface area is 92.7 Å². The predicted octanol–water partition coefficient (Wildman–Crippen LogP) is 0.987. The molecule has 0 aliphatic carbocycles. The third-order valence-corrected chi connectivity index (χ3v) is 1.96. The van der Waals surface area contributed by atoms with Crippen LogP contribution in [0.25, 0.3) is 0 Å². The van der Waals surface area contributed by atoms with Crippen LogP contribution in [0.15, 0.2) is 24.3 Å². The molecule has 0 radical (unpaired) electrons. The zero-order valence-corrected chi connectivity index (χ0v) is 8.64. The van der Waals surface area contributed by atoms with Crippen LogP contribution in [0, 0.1) is 0 Å². The highest BCUT2D eigenvalue weighted by atomic mass is 16.4. The van der Waals surface area contributed by atoms with Gasteiger partial charge in [0.1, 0.15) is 5.75 Å². The summed E-state index contributed by atoms with van der Waals surface area (Å²) in [6.07, 6.45) is 0.417. The lowest BCUT2D eigenvalue weighted by Crippen LogP contribution is -2.24. The standard InChI is InChI=1S/C11H13NO4/c13-9-4-1-3-8(7-9)11(16)12-6-2-5-10(14)15/h1,3-4,7,13H,2,5-6H2,(H,12,16)(H,14,15). The van der Waals surface area contributed by atoms with Gasteiger partial charge in [0.15, 0.2) is 0 Å². The fraction of sp³-hybridized carbons (Fsp3) is 0.273. The Bertz CT molecular complexity index is 389. The molecule has 3 N–H and O–H groups in total. The molecule has 0 aromatic heterocycles. The van der Waals surface area contributed by atoms with E-state index in [4.69, 9.17) is 10.2 Å². The summed E-state index contributed by atoms with van der Waals surface area (Å²) in [7, 11) is 0. The lowest BCUT2D eigenvalue weighted by Gasteiger charge is -2.04. The first-order chi connectivity index (χ1) is 7.59. The van der Waals surface area contributed by atoms with Crippen molar-refractivity contribution in [1.82, 2.24) is 5.32 Å². The van der Waals surface area contributed by atoms with Crippen LogP contribution < -0.4 is 5.32 Å². The van der Waals surface area contributed by atoms with Crippen molar-refractivity contribution in [3.63, 3.8) is 0 Å². The van der Waals surface area contributed by atoms with Crippen molar-refractivity contribution >= 4 is 11.9 Å². The first-order valence-electron chi connectivity index (χ1n) is 4.88. The molecule has 0 unspecified atom stereocenters. The summed E-state index contributed by atoms with van der Waals surface area (Å²) < 4.78 is 0. The Kier molecular flexibility index (Phi) is 4.32. The van der Waals surface area contributed by atoms with E-state index in [2.05, 4.69) is 5.32 Å². The van der Waals surface area contributed by atoms with Crippen molar-refractivity contribution in [2.45, 2.75) is 12.8 Å². The van der Waals surface area contributed by atoms with Crippen molar-refractivity contribution in [3.05, 3.63) is 29.8 Å². The van der Waals surface area contributed by atoms with Crippen LogP contribution in [0.3, 0.4) is 0 Å². The number of phenols is 1. The molecule has 0 aliphatic heterocycles. The summed E-state index contributed by atoms with van der Waals surface area (Å²) in [5, 5.41) is 20.1. The van der Waals surface area contributed by atoms with Crippen molar-refractivity contribution < 1.29 is 19.8 Å². The maximum atomic E-state index is 11.5. The number of rotatable bonds is 5. The minimum atomic E-state index is -0.883. The molecular formula is C11H13NO4. The van der Waals surface area contributed by atoms with Crippen LogP contribution in [0.2, 0.25) is 0 Å². The first-order valence-corrected chi connectivity index (χ1v) is 4.88. The van der Waals surface area contributed by atoms with Gasteiger partial charge in [0.05, 0.1) is 0 Å². The van der Waals surface area contributed by atoms with Crippen LogP contribution in [-0.2, 0) is 4.79 Å². The molecule has 0 bridgehead atoms. The fourth-order valence-electron chi connectivity index (χ4n) is 1.19. The Morgan fingerprint density at radius 3 is 2.69 bits per heavy atom. The van der Waals surface area contributed by atoms with E-state index in [1.54, 1.807) is 12.1 Å². The quantitative estimate of drug-likeness (QED) is 0.649. The predicted molar refractivity (Wildman–Crippen MR) is 57.3 cm³/mol. The zero-order valence-electron chi connectivity index (χ0n) is 8.64. The summed E-state index contributed by atoms with van der Waals surface area (Å²) in [5.74, 6) is -1.17. The lowest BCUT2D eigenvalue weighted by molar-refractivity contribution is -0.137. The molecular weight excluding hydrogens is 210 g/mol. The molecule has 1 amide bonds. The van der Waals surface area contributed by atoms with Gasteiger partial charge < -0.3 is 15.5 Å². The number of phenolic OH excluding ortho intramolecular Hbond substituents is 1. The van der Waals surface area contributed by atoms with E-state index in [0.29, 0.717) is 18.5 Å². The van der Waals surface area contributed by atoms with E-state index in [1.807, 2.05) is 0 Å². The number of aromatic hydroxyl groups is 1. The van der Waals surface area contributed by atoms with E-state index in [9.17, 15) is 9.59 Å². The molecule has 1 rings (SSSR count). The number of hydrogen-bond donors (Lipinski definition) is 3. The molecule has 1 aromatic carbocycles. The Balaban J connectivity index is 2.38.